The zero-order chi connectivity index (χ0) is 11.4. The number of rotatable bonds is 5. The summed E-state index contributed by atoms with van der Waals surface area (Å²) in [6, 6.07) is 0.958. The molecule has 2 atom stereocenters. The van der Waals surface area contributed by atoms with Gasteiger partial charge in [-0.25, -0.2) is 0 Å². The van der Waals surface area contributed by atoms with Gasteiger partial charge in [0.05, 0.1) is 6.61 Å². The SMILES string of the molecule is COCC(NC(C)C(C)(C)C)C(C)C. The monoisotopic (exact) mass is 201 g/mol. The van der Waals surface area contributed by atoms with Crippen LogP contribution in [0, 0.1) is 11.3 Å². The van der Waals surface area contributed by atoms with E-state index in [-0.39, 0.29) is 0 Å². The van der Waals surface area contributed by atoms with E-state index in [0.29, 0.717) is 23.4 Å². The van der Waals surface area contributed by atoms with Crippen molar-refractivity contribution in [3.63, 3.8) is 0 Å². The Balaban J connectivity index is 4.16. The summed E-state index contributed by atoms with van der Waals surface area (Å²) in [6.07, 6.45) is 0. The van der Waals surface area contributed by atoms with Crippen LogP contribution in [0.1, 0.15) is 41.5 Å². The van der Waals surface area contributed by atoms with Crippen LogP contribution in [0.4, 0.5) is 0 Å². The first-order valence-corrected chi connectivity index (χ1v) is 5.54. The number of ether oxygens (including phenoxy) is 1. The first-order chi connectivity index (χ1) is 6.29. The lowest BCUT2D eigenvalue weighted by Crippen LogP contribution is -2.48. The van der Waals surface area contributed by atoms with Gasteiger partial charge in [0.25, 0.3) is 0 Å². The summed E-state index contributed by atoms with van der Waals surface area (Å²) in [4.78, 5) is 0. The van der Waals surface area contributed by atoms with Crippen molar-refractivity contribution in [2.24, 2.45) is 11.3 Å². The molecule has 0 aromatic carbocycles. The van der Waals surface area contributed by atoms with Gasteiger partial charge in [0.15, 0.2) is 0 Å². The van der Waals surface area contributed by atoms with Crippen molar-refractivity contribution in [1.29, 1.82) is 0 Å². The average Bonchev–Trinajstić information content (AvgIpc) is 2.01. The molecule has 2 nitrogen and oxygen atoms in total. The molecule has 2 heteroatoms. The first-order valence-electron chi connectivity index (χ1n) is 5.54. The highest BCUT2D eigenvalue weighted by Gasteiger charge is 2.23. The van der Waals surface area contributed by atoms with Crippen LogP contribution in [0.15, 0.2) is 0 Å². The van der Waals surface area contributed by atoms with Crippen molar-refractivity contribution >= 4 is 0 Å². The van der Waals surface area contributed by atoms with Crippen LogP contribution in [0.2, 0.25) is 0 Å². The maximum absolute atomic E-state index is 5.22. The molecule has 0 fully saturated rings. The topological polar surface area (TPSA) is 21.3 Å². The average molecular weight is 201 g/mol. The van der Waals surface area contributed by atoms with Gasteiger partial charge in [0.1, 0.15) is 0 Å². The maximum Gasteiger partial charge on any atom is 0.0618 e. The molecule has 0 spiro atoms. The quantitative estimate of drug-likeness (QED) is 0.738. The lowest BCUT2D eigenvalue weighted by Gasteiger charge is -2.33. The van der Waals surface area contributed by atoms with Crippen molar-refractivity contribution in [2.45, 2.75) is 53.6 Å². The zero-order valence-electron chi connectivity index (χ0n) is 10.8. The van der Waals surface area contributed by atoms with Gasteiger partial charge in [0, 0.05) is 19.2 Å². The second kappa shape index (κ2) is 5.72. The van der Waals surface area contributed by atoms with E-state index in [2.05, 4.69) is 46.9 Å². The summed E-state index contributed by atoms with van der Waals surface area (Å²) in [5, 5.41) is 3.63. The summed E-state index contributed by atoms with van der Waals surface area (Å²) < 4.78 is 5.22. The molecule has 0 aliphatic rings. The Bertz CT molecular complexity index is 149. The Hall–Kier alpha value is -0.0800. The standard InChI is InChI=1S/C12H27NO/c1-9(2)11(8-14-7)13-10(3)12(4,5)6/h9-11,13H,8H2,1-7H3. The second-order valence-corrected chi connectivity index (χ2v) is 5.56. The van der Waals surface area contributed by atoms with Crippen LogP contribution in [0.3, 0.4) is 0 Å². The van der Waals surface area contributed by atoms with Crippen molar-refractivity contribution in [3.8, 4) is 0 Å². The number of hydrogen-bond donors (Lipinski definition) is 1. The number of nitrogens with one attached hydrogen (secondary N) is 1. The van der Waals surface area contributed by atoms with Crippen LogP contribution < -0.4 is 5.32 Å². The van der Waals surface area contributed by atoms with E-state index in [9.17, 15) is 0 Å². The van der Waals surface area contributed by atoms with E-state index < -0.39 is 0 Å². The summed E-state index contributed by atoms with van der Waals surface area (Å²) in [7, 11) is 1.76. The van der Waals surface area contributed by atoms with Crippen molar-refractivity contribution < 1.29 is 4.74 Å². The molecule has 0 bridgehead atoms. The van der Waals surface area contributed by atoms with Crippen LogP contribution in [0.5, 0.6) is 0 Å². The third kappa shape index (κ3) is 4.97. The minimum Gasteiger partial charge on any atom is -0.383 e. The van der Waals surface area contributed by atoms with E-state index in [1.54, 1.807) is 7.11 Å². The van der Waals surface area contributed by atoms with Crippen molar-refractivity contribution in [2.75, 3.05) is 13.7 Å². The van der Waals surface area contributed by atoms with Gasteiger partial charge in [-0.1, -0.05) is 34.6 Å². The lowest BCUT2D eigenvalue weighted by atomic mass is 9.87. The smallest absolute Gasteiger partial charge is 0.0618 e. The molecule has 0 saturated carbocycles. The molecule has 86 valence electrons. The Kier molecular flexibility index (Phi) is 5.68. The summed E-state index contributed by atoms with van der Waals surface area (Å²) >= 11 is 0. The Morgan fingerprint density at radius 1 is 1.14 bits per heavy atom. The Labute approximate surface area is 89.4 Å². The summed E-state index contributed by atoms with van der Waals surface area (Å²) in [5.74, 6) is 0.611. The summed E-state index contributed by atoms with van der Waals surface area (Å²) in [6.45, 7) is 14.3. The van der Waals surface area contributed by atoms with Gasteiger partial charge in [-0.2, -0.15) is 0 Å². The van der Waals surface area contributed by atoms with Gasteiger partial charge in [-0.15, -0.1) is 0 Å². The van der Waals surface area contributed by atoms with Gasteiger partial charge in [-0.3, -0.25) is 0 Å². The largest absolute Gasteiger partial charge is 0.383 e. The minimum absolute atomic E-state index is 0.306. The van der Waals surface area contributed by atoms with Crippen molar-refractivity contribution in [3.05, 3.63) is 0 Å². The Morgan fingerprint density at radius 3 is 1.93 bits per heavy atom. The molecule has 1 N–H and O–H groups in total. The highest BCUT2D eigenvalue weighted by Crippen LogP contribution is 2.20. The van der Waals surface area contributed by atoms with Crippen LogP contribution in [-0.4, -0.2) is 25.8 Å². The predicted molar refractivity (Wildman–Crippen MR) is 62.6 cm³/mol. The van der Waals surface area contributed by atoms with E-state index in [4.69, 9.17) is 4.74 Å². The fraction of sp³-hybridized carbons (Fsp3) is 1.00. The van der Waals surface area contributed by atoms with E-state index in [0.717, 1.165) is 6.61 Å². The molecule has 0 saturated heterocycles. The fourth-order valence-electron chi connectivity index (χ4n) is 1.18. The zero-order valence-corrected chi connectivity index (χ0v) is 10.8. The molecule has 14 heavy (non-hydrogen) atoms. The molecule has 0 aromatic rings. The molecule has 0 aromatic heterocycles. The first kappa shape index (κ1) is 13.9. The third-order valence-corrected chi connectivity index (χ3v) is 2.91. The van der Waals surface area contributed by atoms with Crippen LogP contribution in [-0.2, 0) is 4.74 Å². The highest BCUT2D eigenvalue weighted by atomic mass is 16.5. The van der Waals surface area contributed by atoms with Gasteiger partial charge < -0.3 is 10.1 Å². The van der Waals surface area contributed by atoms with Gasteiger partial charge in [-0.05, 0) is 18.3 Å². The minimum atomic E-state index is 0.306. The molecule has 0 aliphatic heterocycles. The van der Waals surface area contributed by atoms with Crippen molar-refractivity contribution in [1.82, 2.24) is 5.32 Å². The van der Waals surface area contributed by atoms with E-state index in [1.165, 1.54) is 0 Å². The van der Waals surface area contributed by atoms with Crippen LogP contribution in [0.25, 0.3) is 0 Å². The molecule has 2 unspecified atom stereocenters. The number of methoxy groups -OCH3 is 1. The highest BCUT2D eigenvalue weighted by molar-refractivity contribution is 4.81. The van der Waals surface area contributed by atoms with Gasteiger partial charge in [0.2, 0.25) is 0 Å². The molecule has 0 radical (unpaired) electrons. The molecule has 0 amide bonds. The van der Waals surface area contributed by atoms with Crippen LogP contribution >= 0.6 is 0 Å². The predicted octanol–water partition coefficient (Wildman–Crippen LogP) is 2.68. The second-order valence-electron chi connectivity index (χ2n) is 5.56. The molecule has 0 aliphatic carbocycles. The molecule has 0 heterocycles. The third-order valence-electron chi connectivity index (χ3n) is 2.91. The molecular weight excluding hydrogens is 174 g/mol. The normalized spacial score (nSPS) is 17.1. The summed E-state index contributed by atoms with van der Waals surface area (Å²) in [5.41, 5.74) is 0.306. The lowest BCUT2D eigenvalue weighted by molar-refractivity contribution is 0.127. The van der Waals surface area contributed by atoms with E-state index in [1.807, 2.05) is 0 Å². The maximum atomic E-state index is 5.22. The number of hydrogen-bond acceptors (Lipinski definition) is 2. The fourth-order valence-corrected chi connectivity index (χ4v) is 1.18. The molecular formula is C12H27NO. The van der Waals surface area contributed by atoms with Gasteiger partial charge >= 0.3 is 0 Å². The van der Waals surface area contributed by atoms with E-state index >= 15 is 0 Å². The Morgan fingerprint density at radius 2 is 1.64 bits per heavy atom. The molecule has 0 rings (SSSR count).